The Morgan fingerprint density at radius 1 is 1.33 bits per heavy atom. The van der Waals surface area contributed by atoms with E-state index in [0.29, 0.717) is 0 Å². The first-order chi connectivity index (χ1) is 9.86. The third-order valence-electron chi connectivity index (χ3n) is 2.69. The van der Waals surface area contributed by atoms with E-state index in [1.807, 2.05) is 0 Å². The lowest BCUT2D eigenvalue weighted by molar-refractivity contribution is -0.137. The maximum Gasteiger partial charge on any atom is 0.379 e. The van der Waals surface area contributed by atoms with E-state index in [4.69, 9.17) is 23.2 Å². The number of hydrogen-bond donors (Lipinski definition) is 2. The summed E-state index contributed by atoms with van der Waals surface area (Å²) in [5, 5.41) is 10.1. The highest BCUT2D eigenvalue weighted by atomic mass is 35.5. The van der Waals surface area contributed by atoms with Gasteiger partial charge in [-0.05, 0) is 19.1 Å². The predicted molar refractivity (Wildman–Crippen MR) is 77.2 cm³/mol. The number of benzene rings is 1. The average molecular weight is 330 g/mol. The van der Waals surface area contributed by atoms with Crippen LogP contribution in [-0.4, -0.2) is 28.4 Å². The Labute approximate surface area is 128 Å². The number of aromatic hydroxyl groups is 1. The molecule has 0 fully saturated rings. The zero-order valence-corrected chi connectivity index (χ0v) is 12.2. The highest BCUT2D eigenvalue weighted by molar-refractivity contribution is 6.46. The molecule has 0 atom stereocenters. The molecule has 0 bridgehead atoms. The Bertz CT molecular complexity index is 812. The first-order valence-corrected chi connectivity index (χ1v) is 6.57. The number of pyridine rings is 1. The normalized spacial score (nSPS) is 10.6. The summed E-state index contributed by atoms with van der Waals surface area (Å²) in [4.78, 5) is 37.6. The fraction of sp³-hybridized carbons (Fsp3) is 0.154. The number of Topliss-reactive ketones (excluding diaryl/α,β-unsaturated/α-hetero) is 1. The molecule has 2 N–H and O–H groups in total. The van der Waals surface area contributed by atoms with Crippen LogP contribution in [0.3, 0.4) is 0 Å². The molecule has 0 radical (unpaired) electrons. The predicted octanol–water partition coefficient (Wildman–Crippen LogP) is 2.29. The third kappa shape index (κ3) is 2.72. The van der Waals surface area contributed by atoms with Crippen molar-refractivity contribution in [1.82, 2.24) is 4.98 Å². The number of fused-ring (bicyclic) bond motifs is 1. The highest BCUT2D eigenvalue weighted by Crippen LogP contribution is 2.32. The summed E-state index contributed by atoms with van der Waals surface area (Å²) < 4.78 is 4.58. The molecule has 0 saturated heterocycles. The molecule has 1 aromatic heterocycles. The van der Waals surface area contributed by atoms with Gasteiger partial charge in [-0.2, -0.15) is 0 Å². The van der Waals surface area contributed by atoms with Gasteiger partial charge in [-0.15, -0.1) is 0 Å². The van der Waals surface area contributed by atoms with Gasteiger partial charge in [0.2, 0.25) is 0 Å². The summed E-state index contributed by atoms with van der Waals surface area (Å²) >= 11 is 11.8. The number of ether oxygens (including phenoxy) is 1. The van der Waals surface area contributed by atoms with Crippen LogP contribution in [-0.2, 0) is 9.53 Å². The van der Waals surface area contributed by atoms with E-state index >= 15 is 0 Å². The van der Waals surface area contributed by atoms with Crippen molar-refractivity contribution in [3.8, 4) is 5.75 Å². The number of H-pyrrole nitrogens is 1. The first kappa shape index (κ1) is 15.3. The van der Waals surface area contributed by atoms with Crippen molar-refractivity contribution < 1.29 is 19.4 Å². The van der Waals surface area contributed by atoms with Crippen molar-refractivity contribution in [3.63, 3.8) is 0 Å². The molecule has 2 aromatic rings. The van der Waals surface area contributed by atoms with Gasteiger partial charge in [0.15, 0.2) is 5.75 Å². The van der Waals surface area contributed by atoms with Crippen LogP contribution in [0.15, 0.2) is 16.9 Å². The second-order valence-electron chi connectivity index (χ2n) is 4.04. The van der Waals surface area contributed by atoms with Crippen LogP contribution in [0.4, 0.5) is 0 Å². The molecule has 0 amide bonds. The van der Waals surface area contributed by atoms with Crippen LogP contribution in [0.2, 0.25) is 10.0 Å². The number of aromatic nitrogens is 1. The minimum absolute atomic E-state index is 0.0108. The average Bonchev–Trinajstić information content (AvgIpc) is 2.40. The number of halogens is 2. The third-order valence-corrected chi connectivity index (χ3v) is 3.21. The van der Waals surface area contributed by atoms with Gasteiger partial charge in [-0.1, -0.05) is 23.2 Å². The van der Waals surface area contributed by atoms with Crippen LogP contribution < -0.4 is 5.56 Å². The Morgan fingerprint density at radius 2 is 2.00 bits per heavy atom. The van der Waals surface area contributed by atoms with Gasteiger partial charge in [0.05, 0.1) is 22.7 Å². The molecule has 1 aromatic carbocycles. The van der Waals surface area contributed by atoms with Crippen molar-refractivity contribution in [2.75, 3.05) is 6.61 Å². The van der Waals surface area contributed by atoms with Crippen molar-refractivity contribution in [2.45, 2.75) is 6.92 Å². The Balaban J connectivity index is 2.83. The Kier molecular flexibility index (Phi) is 4.20. The maximum absolute atomic E-state index is 12.1. The first-order valence-electron chi connectivity index (χ1n) is 5.82. The molecule has 0 aliphatic carbocycles. The number of rotatable bonds is 3. The van der Waals surface area contributed by atoms with E-state index in [2.05, 4.69) is 9.72 Å². The van der Waals surface area contributed by atoms with E-state index in [-0.39, 0.29) is 27.6 Å². The van der Waals surface area contributed by atoms with Crippen molar-refractivity contribution in [3.05, 3.63) is 38.1 Å². The summed E-state index contributed by atoms with van der Waals surface area (Å²) in [5.41, 5.74) is -1.31. The molecule has 110 valence electrons. The Hall–Kier alpha value is -2.05. The van der Waals surface area contributed by atoms with Crippen LogP contribution in [0.5, 0.6) is 5.75 Å². The number of esters is 1. The van der Waals surface area contributed by atoms with E-state index in [1.54, 1.807) is 0 Å². The van der Waals surface area contributed by atoms with Crippen molar-refractivity contribution in [2.24, 2.45) is 0 Å². The minimum Gasteiger partial charge on any atom is -0.502 e. The van der Waals surface area contributed by atoms with E-state index in [1.165, 1.54) is 19.1 Å². The van der Waals surface area contributed by atoms with Crippen LogP contribution in [0.25, 0.3) is 10.9 Å². The molecule has 0 saturated carbocycles. The summed E-state index contributed by atoms with van der Waals surface area (Å²) in [6.07, 6.45) is 0. The lowest BCUT2D eigenvalue weighted by Gasteiger charge is -2.09. The summed E-state index contributed by atoms with van der Waals surface area (Å²) in [7, 11) is 0. The molecule has 0 unspecified atom stereocenters. The Morgan fingerprint density at radius 3 is 2.62 bits per heavy atom. The van der Waals surface area contributed by atoms with E-state index in [9.17, 15) is 19.5 Å². The number of ketones is 1. The molecular weight excluding hydrogens is 321 g/mol. The van der Waals surface area contributed by atoms with Gasteiger partial charge >= 0.3 is 5.97 Å². The smallest absolute Gasteiger partial charge is 0.379 e. The van der Waals surface area contributed by atoms with Crippen molar-refractivity contribution in [1.29, 1.82) is 0 Å². The zero-order chi connectivity index (χ0) is 15.7. The van der Waals surface area contributed by atoms with Gasteiger partial charge in [-0.3, -0.25) is 9.59 Å². The molecule has 21 heavy (non-hydrogen) atoms. The lowest BCUT2D eigenvalue weighted by Crippen LogP contribution is -2.21. The molecule has 2 rings (SSSR count). The monoisotopic (exact) mass is 329 g/mol. The molecule has 0 aliphatic heterocycles. The highest BCUT2D eigenvalue weighted by Gasteiger charge is 2.27. The van der Waals surface area contributed by atoms with Crippen LogP contribution in [0.1, 0.15) is 17.3 Å². The number of aromatic amines is 1. The molecular formula is C13H9Cl2NO5. The minimum atomic E-state index is -1.19. The molecule has 6 nitrogen and oxygen atoms in total. The number of carbonyl (C=O) groups is 2. The topological polar surface area (TPSA) is 96.5 Å². The van der Waals surface area contributed by atoms with Crippen LogP contribution >= 0.6 is 23.2 Å². The van der Waals surface area contributed by atoms with Gasteiger partial charge < -0.3 is 14.8 Å². The summed E-state index contributed by atoms with van der Waals surface area (Å²) in [5.74, 6) is -3.25. The standard InChI is InChI=1S/C13H9Cl2NO5/c1-2-21-13(20)11(18)9-8-6(15)3-5(14)4-7(8)16-12(19)10(9)17/h3-4,17H,2H2,1H3,(H,16,19). The van der Waals surface area contributed by atoms with E-state index < -0.39 is 28.6 Å². The quantitative estimate of drug-likeness (QED) is 0.511. The fourth-order valence-corrected chi connectivity index (χ4v) is 2.45. The van der Waals surface area contributed by atoms with E-state index in [0.717, 1.165) is 0 Å². The van der Waals surface area contributed by atoms with Gasteiger partial charge in [0.25, 0.3) is 11.3 Å². The zero-order valence-electron chi connectivity index (χ0n) is 10.7. The van der Waals surface area contributed by atoms with Crippen LogP contribution in [0, 0.1) is 0 Å². The molecule has 1 heterocycles. The molecule has 0 spiro atoms. The maximum atomic E-state index is 12.1. The molecule has 0 aliphatic rings. The fourth-order valence-electron chi connectivity index (χ4n) is 1.86. The summed E-state index contributed by atoms with van der Waals surface area (Å²) in [6.45, 7) is 1.50. The molecule has 8 heteroatoms. The number of hydrogen-bond acceptors (Lipinski definition) is 5. The van der Waals surface area contributed by atoms with Crippen molar-refractivity contribution >= 4 is 45.9 Å². The lowest BCUT2D eigenvalue weighted by atomic mass is 10.0. The van der Waals surface area contributed by atoms with Gasteiger partial charge in [0, 0.05) is 10.4 Å². The van der Waals surface area contributed by atoms with Gasteiger partial charge in [-0.25, -0.2) is 4.79 Å². The number of carbonyl (C=O) groups excluding carboxylic acids is 2. The van der Waals surface area contributed by atoms with Gasteiger partial charge in [0.1, 0.15) is 0 Å². The largest absolute Gasteiger partial charge is 0.502 e. The SMILES string of the molecule is CCOC(=O)C(=O)c1c(O)c(=O)[nH]c2cc(Cl)cc(Cl)c12. The second-order valence-corrected chi connectivity index (χ2v) is 4.88. The second kappa shape index (κ2) is 5.75. The summed E-state index contributed by atoms with van der Waals surface area (Å²) in [6, 6.07) is 2.68. The number of nitrogens with one attached hydrogen (secondary N) is 1.